The molecule has 126 valence electrons. The molecule has 3 aromatic rings. The van der Waals surface area contributed by atoms with Crippen LogP contribution in [0.15, 0.2) is 128 Å². The molecule has 0 saturated carbocycles. The van der Waals surface area contributed by atoms with Crippen LogP contribution in [-0.2, 0) is 10.8 Å². The van der Waals surface area contributed by atoms with Crippen LogP contribution in [0, 0.1) is 0 Å². The number of rotatable bonds is 4. The number of allylic oxidation sites excluding steroid dienone is 5. The van der Waals surface area contributed by atoms with E-state index in [9.17, 15) is 0 Å². The molecule has 0 aromatic heterocycles. The summed E-state index contributed by atoms with van der Waals surface area (Å²) < 4.78 is 0. The molecular formula is C26H22. The Balaban J connectivity index is 2.11. The first-order valence-corrected chi connectivity index (χ1v) is 9.01. The summed E-state index contributed by atoms with van der Waals surface area (Å²) in [6.07, 6.45) is 11.0. The molecule has 0 spiro atoms. The lowest BCUT2D eigenvalue weighted by molar-refractivity contribution is 0.459. The quantitative estimate of drug-likeness (QED) is 0.497. The molecule has 0 aliphatic heterocycles. The van der Waals surface area contributed by atoms with Crippen molar-refractivity contribution in [2.75, 3.05) is 0 Å². The van der Waals surface area contributed by atoms with Gasteiger partial charge in [0.2, 0.25) is 0 Å². The third-order valence-corrected chi connectivity index (χ3v) is 5.50. The van der Waals surface area contributed by atoms with Gasteiger partial charge in [0.05, 0.1) is 5.41 Å². The van der Waals surface area contributed by atoms with Gasteiger partial charge < -0.3 is 0 Å². The van der Waals surface area contributed by atoms with Gasteiger partial charge in [0, 0.05) is 5.41 Å². The standard InChI is InChI=1S/C26H22/c1-2-25(22-14-6-3-7-15-22)20-12-13-21-26(25,23-16-8-4-9-17-23)24-18-10-5-11-19-24/h2-21H,1H2. The van der Waals surface area contributed by atoms with Crippen LogP contribution in [0.1, 0.15) is 16.7 Å². The second kappa shape index (κ2) is 6.65. The molecule has 1 unspecified atom stereocenters. The monoisotopic (exact) mass is 334 g/mol. The largest absolute Gasteiger partial charge is 0.102 e. The summed E-state index contributed by atoms with van der Waals surface area (Å²) in [6, 6.07) is 32.2. The van der Waals surface area contributed by atoms with Crippen LogP contribution in [0.5, 0.6) is 0 Å². The Hall–Kier alpha value is -3.12. The summed E-state index contributed by atoms with van der Waals surface area (Å²) >= 11 is 0. The molecule has 0 radical (unpaired) electrons. The summed E-state index contributed by atoms with van der Waals surface area (Å²) in [5.74, 6) is 0. The van der Waals surface area contributed by atoms with E-state index in [0.717, 1.165) is 0 Å². The van der Waals surface area contributed by atoms with Crippen LogP contribution in [0.4, 0.5) is 0 Å². The Labute approximate surface area is 155 Å². The van der Waals surface area contributed by atoms with Gasteiger partial charge in [-0.15, -0.1) is 6.58 Å². The van der Waals surface area contributed by atoms with E-state index in [2.05, 4.69) is 128 Å². The fourth-order valence-corrected chi connectivity index (χ4v) is 4.30. The molecule has 0 fully saturated rings. The molecule has 0 N–H and O–H groups in total. The summed E-state index contributed by atoms with van der Waals surface area (Å²) in [5.41, 5.74) is 3.04. The van der Waals surface area contributed by atoms with Crippen molar-refractivity contribution < 1.29 is 0 Å². The first kappa shape index (κ1) is 16.4. The normalized spacial score (nSPS) is 20.6. The van der Waals surface area contributed by atoms with Crippen molar-refractivity contribution in [1.29, 1.82) is 0 Å². The number of benzene rings is 3. The zero-order valence-electron chi connectivity index (χ0n) is 14.8. The van der Waals surface area contributed by atoms with Gasteiger partial charge in [0.1, 0.15) is 0 Å². The maximum Gasteiger partial charge on any atom is 0.0551 e. The van der Waals surface area contributed by atoms with Gasteiger partial charge in [-0.1, -0.05) is 121 Å². The predicted molar refractivity (Wildman–Crippen MR) is 110 cm³/mol. The second-order valence-electron chi connectivity index (χ2n) is 6.70. The molecule has 0 saturated heterocycles. The minimum Gasteiger partial charge on any atom is -0.102 e. The average molecular weight is 334 g/mol. The highest BCUT2D eigenvalue weighted by molar-refractivity contribution is 5.60. The van der Waals surface area contributed by atoms with E-state index in [1.807, 2.05) is 0 Å². The highest BCUT2D eigenvalue weighted by atomic mass is 14.5. The van der Waals surface area contributed by atoms with Crippen LogP contribution in [0.3, 0.4) is 0 Å². The molecule has 0 heterocycles. The van der Waals surface area contributed by atoms with Crippen LogP contribution in [0.25, 0.3) is 0 Å². The lowest BCUT2D eigenvalue weighted by atomic mass is 9.52. The van der Waals surface area contributed by atoms with Crippen LogP contribution < -0.4 is 0 Å². The van der Waals surface area contributed by atoms with Crippen LogP contribution >= 0.6 is 0 Å². The summed E-state index contributed by atoms with van der Waals surface area (Å²) in [4.78, 5) is 0. The summed E-state index contributed by atoms with van der Waals surface area (Å²) in [6.45, 7) is 4.29. The predicted octanol–water partition coefficient (Wildman–Crippen LogP) is 6.22. The lowest BCUT2D eigenvalue weighted by Crippen LogP contribution is -2.47. The van der Waals surface area contributed by atoms with Crippen molar-refractivity contribution in [1.82, 2.24) is 0 Å². The zero-order chi connectivity index (χ0) is 17.9. The third-order valence-electron chi connectivity index (χ3n) is 5.50. The fraction of sp³-hybridized carbons (Fsp3) is 0.0769. The third kappa shape index (κ3) is 2.30. The zero-order valence-corrected chi connectivity index (χ0v) is 14.8. The van der Waals surface area contributed by atoms with Gasteiger partial charge in [-0.25, -0.2) is 0 Å². The maximum absolute atomic E-state index is 4.29. The number of hydrogen-bond donors (Lipinski definition) is 0. The van der Waals surface area contributed by atoms with Crippen LogP contribution in [0.2, 0.25) is 0 Å². The van der Waals surface area contributed by atoms with E-state index in [1.165, 1.54) is 16.7 Å². The molecule has 26 heavy (non-hydrogen) atoms. The Morgan fingerprint density at radius 3 is 1.42 bits per heavy atom. The Kier molecular flexibility index (Phi) is 4.18. The van der Waals surface area contributed by atoms with Gasteiger partial charge in [-0.05, 0) is 16.7 Å². The minimum atomic E-state index is -0.369. The SMILES string of the molecule is C=CC1(c2ccccc2)C=CC=CC1(c1ccccc1)c1ccccc1. The second-order valence-corrected chi connectivity index (χ2v) is 6.70. The van der Waals surface area contributed by atoms with E-state index in [1.54, 1.807) is 0 Å². The summed E-state index contributed by atoms with van der Waals surface area (Å²) in [5, 5.41) is 0. The van der Waals surface area contributed by atoms with Crippen LogP contribution in [-0.4, -0.2) is 0 Å². The van der Waals surface area contributed by atoms with E-state index in [4.69, 9.17) is 0 Å². The Morgan fingerprint density at radius 2 is 0.962 bits per heavy atom. The van der Waals surface area contributed by atoms with Gasteiger partial charge >= 0.3 is 0 Å². The van der Waals surface area contributed by atoms with Crippen molar-refractivity contribution in [2.24, 2.45) is 0 Å². The average Bonchev–Trinajstić information content (AvgIpc) is 2.75. The number of hydrogen-bond acceptors (Lipinski definition) is 0. The topological polar surface area (TPSA) is 0 Å². The highest BCUT2D eigenvalue weighted by Gasteiger charge is 2.50. The first-order valence-electron chi connectivity index (χ1n) is 9.01. The van der Waals surface area contributed by atoms with E-state index < -0.39 is 0 Å². The highest BCUT2D eigenvalue weighted by Crippen LogP contribution is 2.53. The molecule has 0 heteroatoms. The molecule has 0 bridgehead atoms. The van der Waals surface area contributed by atoms with Gasteiger partial charge in [-0.3, -0.25) is 0 Å². The molecule has 4 rings (SSSR count). The molecular weight excluding hydrogens is 312 g/mol. The van der Waals surface area contributed by atoms with Crippen molar-refractivity contribution in [3.8, 4) is 0 Å². The van der Waals surface area contributed by atoms with Gasteiger partial charge in [0.25, 0.3) is 0 Å². The van der Waals surface area contributed by atoms with E-state index in [0.29, 0.717) is 0 Å². The molecule has 1 aliphatic carbocycles. The van der Waals surface area contributed by atoms with Gasteiger partial charge in [0.15, 0.2) is 0 Å². The van der Waals surface area contributed by atoms with Crippen molar-refractivity contribution >= 4 is 0 Å². The molecule has 1 atom stereocenters. The maximum atomic E-state index is 4.29. The Bertz CT molecular complexity index is 894. The smallest absolute Gasteiger partial charge is 0.0551 e. The Morgan fingerprint density at radius 1 is 0.538 bits per heavy atom. The molecule has 0 nitrogen and oxygen atoms in total. The van der Waals surface area contributed by atoms with Gasteiger partial charge in [-0.2, -0.15) is 0 Å². The van der Waals surface area contributed by atoms with E-state index in [-0.39, 0.29) is 10.8 Å². The minimum absolute atomic E-state index is 0.354. The molecule has 0 amide bonds. The van der Waals surface area contributed by atoms with Crippen molar-refractivity contribution in [3.63, 3.8) is 0 Å². The van der Waals surface area contributed by atoms with Crippen molar-refractivity contribution in [2.45, 2.75) is 10.8 Å². The lowest BCUT2D eigenvalue weighted by Gasteiger charge is -2.49. The van der Waals surface area contributed by atoms with E-state index >= 15 is 0 Å². The molecule has 3 aromatic carbocycles. The molecule has 1 aliphatic rings. The van der Waals surface area contributed by atoms with Crippen molar-refractivity contribution in [3.05, 3.63) is 145 Å². The summed E-state index contributed by atoms with van der Waals surface area (Å²) in [7, 11) is 0. The first-order chi connectivity index (χ1) is 12.8. The fourth-order valence-electron chi connectivity index (χ4n) is 4.30.